The lowest BCUT2D eigenvalue weighted by molar-refractivity contribution is 0.0844. The molecule has 0 saturated heterocycles. The van der Waals surface area contributed by atoms with Crippen LogP contribution in [0.4, 0.5) is 0 Å². The first-order valence-corrected chi connectivity index (χ1v) is 9.76. The Balaban J connectivity index is 2.24. The quantitative estimate of drug-likeness (QED) is 0.609. The minimum atomic E-state index is -0.528. The molecule has 0 aliphatic rings. The molecular formula is C22H28N2O6. The lowest BCUT2D eigenvalue weighted by Gasteiger charge is -2.17. The average Bonchev–Trinajstić information content (AvgIpc) is 2.74. The SMILES string of the molecule is CCOc1cc(C(=O)NNC(=O)c2cc(C)ccc2OC)cc(OCC)c1OCC. The van der Waals surface area contributed by atoms with Gasteiger partial charge < -0.3 is 18.9 Å². The number of carbonyl (C=O) groups is 2. The lowest BCUT2D eigenvalue weighted by atomic mass is 10.1. The third-order valence-electron chi connectivity index (χ3n) is 4.06. The van der Waals surface area contributed by atoms with E-state index in [-0.39, 0.29) is 5.56 Å². The van der Waals surface area contributed by atoms with Crippen LogP contribution in [0.25, 0.3) is 0 Å². The average molecular weight is 416 g/mol. The molecule has 0 aromatic heterocycles. The van der Waals surface area contributed by atoms with Crippen molar-refractivity contribution in [1.29, 1.82) is 0 Å². The Morgan fingerprint density at radius 3 is 1.90 bits per heavy atom. The van der Waals surface area contributed by atoms with E-state index in [1.165, 1.54) is 7.11 Å². The number of ether oxygens (including phenoxy) is 4. The summed E-state index contributed by atoms with van der Waals surface area (Å²) in [5.41, 5.74) is 6.28. The van der Waals surface area contributed by atoms with Crippen molar-refractivity contribution in [2.75, 3.05) is 26.9 Å². The molecule has 0 aliphatic heterocycles. The Kier molecular flexibility index (Phi) is 8.34. The first kappa shape index (κ1) is 22.9. The van der Waals surface area contributed by atoms with E-state index in [4.69, 9.17) is 18.9 Å². The summed E-state index contributed by atoms with van der Waals surface area (Å²) in [6, 6.07) is 8.30. The smallest absolute Gasteiger partial charge is 0.273 e. The van der Waals surface area contributed by atoms with Crippen LogP contribution in [0.15, 0.2) is 30.3 Å². The third kappa shape index (κ3) is 5.56. The summed E-state index contributed by atoms with van der Waals surface area (Å²) in [5, 5.41) is 0. The Morgan fingerprint density at radius 2 is 1.37 bits per heavy atom. The van der Waals surface area contributed by atoms with E-state index in [1.54, 1.807) is 24.3 Å². The van der Waals surface area contributed by atoms with Crippen molar-refractivity contribution in [1.82, 2.24) is 10.9 Å². The molecule has 8 heteroatoms. The van der Waals surface area contributed by atoms with E-state index >= 15 is 0 Å². The van der Waals surface area contributed by atoms with Gasteiger partial charge >= 0.3 is 0 Å². The summed E-state index contributed by atoms with van der Waals surface area (Å²) < 4.78 is 22.1. The number of hydrogen-bond acceptors (Lipinski definition) is 6. The number of rotatable bonds is 9. The molecule has 2 N–H and O–H groups in total. The number of hydrogen-bond donors (Lipinski definition) is 2. The van der Waals surface area contributed by atoms with Crippen LogP contribution in [0.1, 0.15) is 47.1 Å². The predicted molar refractivity (Wildman–Crippen MR) is 113 cm³/mol. The summed E-state index contributed by atoms with van der Waals surface area (Å²) in [6.07, 6.45) is 0. The van der Waals surface area contributed by atoms with Gasteiger partial charge in [0, 0.05) is 5.56 Å². The monoisotopic (exact) mass is 416 g/mol. The highest BCUT2D eigenvalue weighted by atomic mass is 16.5. The highest BCUT2D eigenvalue weighted by molar-refractivity contribution is 6.01. The van der Waals surface area contributed by atoms with Gasteiger partial charge in [-0.05, 0) is 52.0 Å². The molecule has 0 radical (unpaired) electrons. The molecule has 2 amide bonds. The van der Waals surface area contributed by atoms with Gasteiger partial charge in [0.05, 0.1) is 32.5 Å². The Hall–Kier alpha value is -3.42. The largest absolute Gasteiger partial charge is 0.496 e. The maximum atomic E-state index is 12.7. The van der Waals surface area contributed by atoms with Gasteiger partial charge in [0.15, 0.2) is 11.5 Å². The zero-order chi connectivity index (χ0) is 22.1. The van der Waals surface area contributed by atoms with Crippen LogP contribution in [0.3, 0.4) is 0 Å². The first-order valence-electron chi connectivity index (χ1n) is 9.76. The van der Waals surface area contributed by atoms with E-state index in [0.717, 1.165) is 5.56 Å². The van der Waals surface area contributed by atoms with Gasteiger partial charge in [-0.15, -0.1) is 0 Å². The number of aryl methyl sites for hydroxylation is 1. The normalized spacial score (nSPS) is 10.2. The van der Waals surface area contributed by atoms with E-state index in [1.807, 2.05) is 33.8 Å². The second kappa shape index (κ2) is 10.9. The molecule has 2 aromatic rings. The van der Waals surface area contributed by atoms with Gasteiger partial charge in [0.1, 0.15) is 5.75 Å². The van der Waals surface area contributed by atoms with Gasteiger partial charge in [-0.2, -0.15) is 0 Å². The van der Waals surface area contributed by atoms with Crippen LogP contribution < -0.4 is 29.8 Å². The topological polar surface area (TPSA) is 95.1 Å². The molecule has 30 heavy (non-hydrogen) atoms. The van der Waals surface area contributed by atoms with Crippen molar-refractivity contribution in [2.24, 2.45) is 0 Å². The second-order valence-corrected chi connectivity index (χ2v) is 6.21. The van der Waals surface area contributed by atoms with Crippen LogP contribution in [-0.4, -0.2) is 38.7 Å². The molecule has 8 nitrogen and oxygen atoms in total. The zero-order valence-corrected chi connectivity index (χ0v) is 18.0. The molecule has 162 valence electrons. The molecule has 0 spiro atoms. The predicted octanol–water partition coefficient (Wildman–Crippen LogP) is 3.27. The molecule has 0 bridgehead atoms. The maximum absolute atomic E-state index is 12.7. The standard InChI is InChI=1S/C22H28N2O6/c1-6-28-18-12-15(13-19(29-7-2)20(18)30-8-3)21(25)23-24-22(26)16-11-14(4)9-10-17(16)27-5/h9-13H,6-8H2,1-5H3,(H,23,25)(H,24,26). The van der Waals surface area contributed by atoms with Gasteiger partial charge in [-0.3, -0.25) is 20.4 Å². The highest BCUT2D eigenvalue weighted by Gasteiger charge is 2.19. The second-order valence-electron chi connectivity index (χ2n) is 6.21. The van der Waals surface area contributed by atoms with E-state index in [0.29, 0.717) is 48.4 Å². The van der Waals surface area contributed by atoms with Crippen molar-refractivity contribution in [2.45, 2.75) is 27.7 Å². The molecule has 2 aromatic carbocycles. The fourth-order valence-electron chi connectivity index (χ4n) is 2.77. The van der Waals surface area contributed by atoms with Gasteiger partial charge in [-0.25, -0.2) is 0 Å². The van der Waals surface area contributed by atoms with E-state index < -0.39 is 11.8 Å². The molecule has 0 saturated carbocycles. The van der Waals surface area contributed by atoms with Crippen molar-refractivity contribution in [3.63, 3.8) is 0 Å². The molecule has 0 atom stereocenters. The van der Waals surface area contributed by atoms with Gasteiger partial charge in [0.2, 0.25) is 5.75 Å². The summed E-state index contributed by atoms with van der Waals surface area (Å²) in [7, 11) is 1.48. The lowest BCUT2D eigenvalue weighted by Crippen LogP contribution is -2.41. The molecule has 0 fully saturated rings. The van der Waals surface area contributed by atoms with Crippen LogP contribution in [0, 0.1) is 6.92 Å². The number of nitrogens with one attached hydrogen (secondary N) is 2. The Bertz CT molecular complexity index is 870. The summed E-state index contributed by atoms with van der Waals surface area (Å²) in [5.74, 6) is 0.603. The van der Waals surface area contributed by atoms with Crippen LogP contribution in [0.5, 0.6) is 23.0 Å². The summed E-state index contributed by atoms with van der Waals surface area (Å²) in [6.45, 7) is 8.57. The molecule has 2 rings (SSSR count). The minimum absolute atomic E-state index is 0.252. The number of amides is 2. The summed E-state index contributed by atoms with van der Waals surface area (Å²) >= 11 is 0. The van der Waals surface area contributed by atoms with E-state index in [2.05, 4.69) is 10.9 Å². The number of methoxy groups -OCH3 is 1. The van der Waals surface area contributed by atoms with Crippen molar-refractivity contribution >= 4 is 11.8 Å². The first-order chi connectivity index (χ1) is 14.4. The molecule has 0 heterocycles. The Morgan fingerprint density at radius 1 is 0.800 bits per heavy atom. The van der Waals surface area contributed by atoms with Gasteiger partial charge in [-0.1, -0.05) is 11.6 Å². The van der Waals surface area contributed by atoms with Crippen molar-refractivity contribution < 1.29 is 28.5 Å². The fraction of sp³-hybridized carbons (Fsp3) is 0.364. The number of hydrazine groups is 1. The van der Waals surface area contributed by atoms with Crippen LogP contribution in [0.2, 0.25) is 0 Å². The van der Waals surface area contributed by atoms with Crippen LogP contribution >= 0.6 is 0 Å². The molecular weight excluding hydrogens is 388 g/mol. The number of benzene rings is 2. The van der Waals surface area contributed by atoms with Crippen LogP contribution in [-0.2, 0) is 0 Å². The molecule has 0 aliphatic carbocycles. The van der Waals surface area contributed by atoms with Crippen molar-refractivity contribution in [3.05, 3.63) is 47.0 Å². The third-order valence-corrected chi connectivity index (χ3v) is 4.06. The highest BCUT2D eigenvalue weighted by Crippen LogP contribution is 2.39. The zero-order valence-electron chi connectivity index (χ0n) is 18.0. The minimum Gasteiger partial charge on any atom is -0.496 e. The van der Waals surface area contributed by atoms with E-state index in [9.17, 15) is 9.59 Å². The fourth-order valence-corrected chi connectivity index (χ4v) is 2.77. The number of carbonyl (C=O) groups excluding carboxylic acids is 2. The molecule has 0 unspecified atom stereocenters. The Labute approximate surface area is 176 Å². The maximum Gasteiger partial charge on any atom is 0.273 e. The summed E-state index contributed by atoms with van der Waals surface area (Å²) in [4.78, 5) is 25.2. The van der Waals surface area contributed by atoms with Gasteiger partial charge in [0.25, 0.3) is 11.8 Å². The van der Waals surface area contributed by atoms with Crippen molar-refractivity contribution in [3.8, 4) is 23.0 Å².